The molecule has 0 fully saturated rings. The first kappa shape index (κ1) is 44.4. The quantitative estimate of drug-likeness (QED) is 0.173. The summed E-state index contributed by atoms with van der Waals surface area (Å²) in [5.74, 6) is 1.36. The average molecular weight is 1020 g/mol. The van der Waals surface area contributed by atoms with Crippen molar-refractivity contribution in [2.75, 3.05) is 0 Å². The Morgan fingerprint density at radius 1 is 0.350 bits per heavy atom. The molecule has 0 saturated carbocycles. The first-order valence-electron chi connectivity index (χ1n) is 27.2. The van der Waals surface area contributed by atoms with Gasteiger partial charge in [0.1, 0.15) is 23.2 Å². The van der Waals surface area contributed by atoms with Gasteiger partial charge in [0, 0.05) is 71.2 Å². The number of fused-ring (bicyclic) bond motifs is 13. The van der Waals surface area contributed by atoms with E-state index in [-0.39, 0.29) is 0 Å². The van der Waals surface area contributed by atoms with E-state index in [1.54, 1.807) is 0 Å². The fraction of sp³-hybridized carbons (Fsp3) is 0.0137. The number of nitrogens with zero attached hydrogens (tertiary/aromatic N) is 5. The van der Waals surface area contributed by atoms with Gasteiger partial charge < -0.3 is 23.4 Å². The predicted octanol–water partition coefficient (Wildman–Crippen LogP) is 18.2. The number of aliphatic imine (C=N–C) groups is 2. The fourth-order valence-corrected chi connectivity index (χ4v) is 12.9. The number of hydrogen-bond donors (Lipinski definition) is 1. The molecular weight excluding hydrogens is 977 g/mol. The van der Waals surface area contributed by atoms with Crippen LogP contribution in [0, 0.1) is 0 Å². The Bertz CT molecular complexity index is 5290. The highest BCUT2D eigenvalue weighted by Gasteiger charge is 2.27. The molecule has 1 aliphatic rings. The summed E-state index contributed by atoms with van der Waals surface area (Å²) in [6.45, 7) is 0. The third-order valence-electron chi connectivity index (χ3n) is 16.5. The van der Waals surface area contributed by atoms with Crippen molar-refractivity contribution in [2.24, 2.45) is 9.98 Å². The van der Waals surface area contributed by atoms with Crippen LogP contribution in [-0.2, 0) is 0 Å². The second kappa shape index (κ2) is 17.4. The number of hydrogen-bond acceptors (Lipinski definition) is 4. The van der Waals surface area contributed by atoms with Gasteiger partial charge in [0.2, 0.25) is 0 Å². The second-order valence-corrected chi connectivity index (χ2v) is 20.9. The summed E-state index contributed by atoms with van der Waals surface area (Å²) >= 11 is 0. The van der Waals surface area contributed by atoms with Crippen LogP contribution in [0.5, 0.6) is 0 Å². The van der Waals surface area contributed by atoms with Crippen molar-refractivity contribution in [1.29, 1.82) is 0 Å². The zero-order chi connectivity index (χ0) is 52.4. The molecule has 1 atom stereocenters. The lowest BCUT2D eigenvalue weighted by molar-refractivity contribution is 0.669. The molecule has 0 saturated heterocycles. The summed E-state index contributed by atoms with van der Waals surface area (Å²) in [7, 11) is 0. The second-order valence-electron chi connectivity index (χ2n) is 20.9. The maximum Gasteiger partial charge on any atom is 0.159 e. The molecule has 1 aliphatic heterocycles. The molecule has 7 nitrogen and oxygen atoms in total. The maximum atomic E-state index is 6.62. The third-order valence-corrected chi connectivity index (χ3v) is 16.5. The number of nitrogens with one attached hydrogen (secondary N) is 1. The molecule has 12 aromatic carbocycles. The minimum atomic E-state index is -0.505. The van der Waals surface area contributed by atoms with Gasteiger partial charge in [0.25, 0.3) is 0 Å². The van der Waals surface area contributed by atoms with Gasteiger partial charge >= 0.3 is 0 Å². The molecule has 0 radical (unpaired) electrons. The number of benzene rings is 12. The van der Waals surface area contributed by atoms with E-state index in [2.05, 4.69) is 280 Å². The molecule has 17 rings (SSSR count). The van der Waals surface area contributed by atoms with Crippen LogP contribution in [0.3, 0.4) is 0 Å². The van der Waals surface area contributed by atoms with Crippen molar-refractivity contribution in [1.82, 2.24) is 19.0 Å². The van der Waals surface area contributed by atoms with E-state index < -0.39 is 6.17 Å². The molecule has 0 aliphatic carbocycles. The van der Waals surface area contributed by atoms with E-state index in [4.69, 9.17) is 14.4 Å². The molecule has 0 bridgehead atoms. The van der Waals surface area contributed by atoms with Crippen molar-refractivity contribution in [3.63, 3.8) is 0 Å². The molecular formula is C73H46N6O. The zero-order valence-electron chi connectivity index (χ0n) is 43.1. The Morgan fingerprint density at radius 3 is 1.60 bits per heavy atom. The SMILES string of the molecule is c1ccc(-n2c3ccccc3c3ccc(C4=NC(c5ccc(-n6c7ccccc7c7cc8ccccc8cc76)c(-c6cccc7oc8ccccc8c67)c5)=NC(c5ccc6c7ccccc7n(-c7ccccc7)c6c5)N4)cc32)cc1. The molecule has 80 heavy (non-hydrogen) atoms. The Labute approximate surface area is 458 Å². The van der Waals surface area contributed by atoms with Gasteiger partial charge in [-0.05, 0) is 119 Å². The van der Waals surface area contributed by atoms with Crippen LogP contribution >= 0.6 is 0 Å². The molecule has 4 aromatic heterocycles. The highest BCUT2D eigenvalue weighted by Crippen LogP contribution is 2.44. The number of aromatic nitrogens is 3. The summed E-state index contributed by atoms with van der Waals surface area (Å²) in [6, 6.07) is 95.8. The minimum Gasteiger partial charge on any atom is -0.456 e. The van der Waals surface area contributed by atoms with Crippen LogP contribution in [0.4, 0.5) is 0 Å². The highest BCUT2D eigenvalue weighted by molar-refractivity contribution is 6.19. The Hall–Kier alpha value is -10.8. The van der Waals surface area contributed by atoms with E-state index in [9.17, 15) is 0 Å². The Kier molecular flexibility index (Phi) is 9.64. The standard InChI is InChI=1S/C73H46N6O/c1-3-20-50(21-4-1)77-61-29-13-9-24-52(61)55-37-34-48(43-65(55)77)72-74-71(75-73(76-72)49-35-38-56-53-25-10-14-30-62(53)78(66(56)44-49)51-22-5-2-6-23-51)47-36-39-64(60(41-47)57-28-17-33-69-70(57)58-27-12-16-32-68(58)80-69)79-63-31-15-11-26-54(63)59-40-45-18-7-8-19-46(45)42-67(59)79/h1-44,72H,(H,74,75,76). The van der Waals surface area contributed by atoms with E-state index in [0.29, 0.717) is 5.84 Å². The van der Waals surface area contributed by atoms with Crippen molar-refractivity contribution in [3.05, 3.63) is 284 Å². The Morgan fingerprint density at radius 2 is 0.887 bits per heavy atom. The monoisotopic (exact) mass is 1020 g/mol. The summed E-state index contributed by atoms with van der Waals surface area (Å²) in [5.41, 5.74) is 16.7. The van der Waals surface area contributed by atoms with Crippen molar-refractivity contribution in [2.45, 2.75) is 6.17 Å². The molecule has 1 N–H and O–H groups in total. The van der Waals surface area contributed by atoms with Gasteiger partial charge in [-0.25, -0.2) is 9.98 Å². The number of furan rings is 1. The average Bonchev–Trinajstić information content (AvgIpc) is 4.33. The lowest BCUT2D eigenvalue weighted by Gasteiger charge is -2.25. The summed E-state index contributed by atoms with van der Waals surface area (Å²) in [6.07, 6.45) is -0.505. The zero-order valence-corrected chi connectivity index (χ0v) is 43.1. The van der Waals surface area contributed by atoms with E-state index in [1.165, 1.54) is 43.1 Å². The van der Waals surface area contributed by atoms with E-state index in [1.807, 2.05) is 6.07 Å². The molecule has 1 unspecified atom stereocenters. The third kappa shape index (κ3) is 6.74. The summed E-state index contributed by atoms with van der Waals surface area (Å²) in [4.78, 5) is 11.3. The van der Waals surface area contributed by atoms with Gasteiger partial charge in [-0.2, -0.15) is 0 Å². The van der Waals surface area contributed by atoms with Gasteiger partial charge in [0.15, 0.2) is 5.84 Å². The normalized spacial score (nSPS) is 13.9. The van der Waals surface area contributed by atoms with Gasteiger partial charge in [-0.1, -0.05) is 170 Å². The molecule has 0 amide bonds. The van der Waals surface area contributed by atoms with Crippen LogP contribution in [-0.4, -0.2) is 25.4 Å². The van der Waals surface area contributed by atoms with E-state index in [0.717, 1.165) is 106 Å². The van der Waals surface area contributed by atoms with Gasteiger partial charge in [0.05, 0.1) is 38.8 Å². The fourth-order valence-electron chi connectivity index (χ4n) is 12.9. The molecule has 7 heteroatoms. The van der Waals surface area contributed by atoms with Crippen LogP contribution in [0.1, 0.15) is 22.9 Å². The number of para-hydroxylation sites is 6. The van der Waals surface area contributed by atoms with Crippen molar-refractivity contribution < 1.29 is 4.42 Å². The topological polar surface area (TPSA) is 64.7 Å². The Balaban J connectivity index is 0.921. The molecule has 16 aromatic rings. The molecule has 0 spiro atoms. The molecule has 374 valence electrons. The molecule has 5 heterocycles. The van der Waals surface area contributed by atoms with Crippen LogP contribution in [0.2, 0.25) is 0 Å². The van der Waals surface area contributed by atoms with Gasteiger partial charge in [-0.3, -0.25) is 0 Å². The smallest absolute Gasteiger partial charge is 0.159 e. The number of amidine groups is 2. The summed E-state index contributed by atoms with van der Waals surface area (Å²) < 4.78 is 13.8. The van der Waals surface area contributed by atoms with Crippen molar-refractivity contribution in [3.8, 4) is 28.2 Å². The van der Waals surface area contributed by atoms with Crippen molar-refractivity contribution >= 4 is 110 Å². The minimum absolute atomic E-state index is 0.505. The largest absolute Gasteiger partial charge is 0.456 e. The first-order chi connectivity index (χ1) is 39.7. The van der Waals surface area contributed by atoms with Crippen LogP contribution < -0.4 is 5.32 Å². The highest BCUT2D eigenvalue weighted by atomic mass is 16.3. The van der Waals surface area contributed by atoms with E-state index >= 15 is 0 Å². The lowest BCUT2D eigenvalue weighted by Crippen LogP contribution is -2.33. The lowest BCUT2D eigenvalue weighted by atomic mass is 9.95. The van der Waals surface area contributed by atoms with Crippen LogP contribution in [0.15, 0.2) is 281 Å². The summed E-state index contributed by atoms with van der Waals surface area (Å²) in [5, 5.41) is 15.6. The van der Waals surface area contributed by atoms with Crippen LogP contribution in [0.25, 0.3) is 126 Å². The van der Waals surface area contributed by atoms with Gasteiger partial charge in [-0.15, -0.1) is 0 Å². The maximum absolute atomic E-state index is 6.62. The predicted molar refractivity (Wildman–Crippen MR) is 332 cm³/mol. The first-order valence-corrected chi connectivity index (χ1v) is 27.2. The number of rotatable bonds is 7.